The fraction of sp³-hybridized carbons (Fsp3) is 0.588. The van der Waals surface area contributed by atoms with Gasteiger partial charge in [0.05, 0.1) is 0 Å². The summed E-state index contributed by atoms with van der Waals surface area (Å²) in [6, 6.07) is 8.91. The van der Waals surface area contributed by atoms with E-state index >= 15 is 0 Å². The molecule has 1 aromatic carbocycles. The van der Waals surface area contributed by atoms with Crippen molar-refractivity contribution < 1.29 is 4.79 Å². The number of hydrogen-bond acceptors (Lipinski definition) is 2. The average molecular weight is 274 g/mol. The number of aryl methyl sites for hydroxylation is 1. The summed E-state index contributed by atoms with van der Waals surface area (Å²) in [6.45, 7) is 3.04. The molecule has 0 bridgehead atoms. The number of para-hydroxylation sites is 1. The van der Waals surface area contributed by atoms with Crippen LogP contribution in [-0.4, -0.2) is 25.5 Å². The molecule has 0 saturated heterocycles. The van der Waals surface area contributed by atoms with Gasteiger partial charge in [-0.25, -0.2) is 0 Å². The highest BCUT2D eigenvalue weighted by Crippen LogP contribution is 2.27. The highest BCUT2D eigenvalue weighted by atomic mass is 16.2. The minimum Gasteiger partial charge on any atom is -0.317 e. The molecule has 1 aliphatic heterocycles. The lowest BCUT2D eigenvalue weighted by Gasteiger charge is -2.24. The van der Waals surface area contributed by atoms with Crippen LogP contribution in [0.25, 0.3) is 0 Å². The van der Waals surface area contributed by atoms with Crippen LogP contribution in [0.15, 0.2) is 24.3 Å². The molecule has 0 fully saturated rings. The first-order valence-corrected chi connectivity index (χ1v) is 7.81. The Bertz CT molecular complexity index is 440. The summed E-state index contributed by atoms with van der Waals surface area (Å²) in [5, 5.41) is 3.33. The fourth-order valence-corrected chi connectivity index (χ4v) is 2.98. The Kier molecular flexibility index (Phi) is 5.60. The molecule has 1 amide bonds. The van der Waals surface area contributed by atoms with Crippen LogP contribution in [-0.2, 0) is 11.2 Å². The van der Waals surface area contributed by atoms with Crippen molar-refractivity contribution >= 4 is 11.6 Å². The van der Waals surface area contributed by atoms with E-state index in [4.69, 9.17) is 0 Å². The lowest BCUT2D eigenvalue weighted by Crippen LogP contribution is -2.32. The summed E-state index contributed by atoms with van der Waals surface area (Å²) in [4.78, 5) is 14.3. The van der Waals surface area contributed by atoms with Gasteiger partial charge in [0.2, 0.25) is 5.91 Å². The van der Waals surface area contributed by atoms with E-state index in [-0.39, 0.29) is 5.91 Å². The number of amides is 1. The minimum absolute atomic E-state index is 0.285. The third-order valence-corrected chi connectivity index (χ3v) is 4.26. The second-order valence-corrected chi connectivity index (χ2v) is 5.56. The first-order chi connectivity index (χ1) is 9.76. The van der Waals surface area contributed by atoms with Gasteiger partial charge in [-0.05, 0) is 50.8 Å². The van der Waals surface area contributed by atoms with E-state index in [1.807, 2.05) is 18.0 Å². The Morgan fingerprint density at radius 1 is 1.30 bits per heavy atom. The monoisotopic (exact) mass is 274 g/mol. The lowest BCUT2D eigenvalue weighted by molar-refractivity contribution is -0.118. The summed E-state index contributed by atoms with van der Waals surface area (Å²) in [6.07, 6.45) is 5.99. The smallest absolute Gasteiger partial charge is 0.226 e. The number of carbonyl (C=O) groups excluding carboxylic acids is 1. The topological polar surface area (TPSA) is 32.3 Å². The SMILES string of the molecule is CCC(CCCN1C(=O)CCCc2ccccc21)NC. The summed E-state index contributed by atoms with van der Waals surface area (Å²) >= 11 is 0. The Labute approximate surface area is 122 Å². The quantitative estimate of drug-likeness (QED) is 0.864. The number of nitrogens with zero attached hydrogens (tertiary/aromatic N) is 1. The number of anilines is 1. The molecule has 0 aliphatic carbocycles. The highest BCUT2D eigenvalue weighted by Gasteiger charge is 2.21. The molecule has 3 heteroatoms. The molecule has 1 atom stereocenters. The second kappa shape index (κ2) is 7.44. The van der Waals surface area contributed by atoms with Crippen LogP contribution in [0.3, 0.4) is 0 Å². The van der Waals surface area contributed by atoms with Gasteiger partial charge in [-0.15, -0.1) is 0 Å². The van der Waals surface area contributed by atoms with Crippen molar-refractivity contribution in [2.24, 2.45) is 0 Å². The van der Waals surface area contributed by atoms with Gasteiger partial charge < -0.3 is 10.2 Å². The Balaban J connectivity index is 2.03. The van der Waals surface area contributed by atoms with E-state index in [1.165, 1.54) is 5.56 Å². The van der Waals surface area contributed by atoms with Crippen molar-refractivity contribution in [3.63, 3.8) is 0 Å². The first-order valence-electron chi connectivity index (χ1n) is 7.81. The molecule has 0 spiro atoms. The summed E-state index contributed by atoms with van der Waals surface area (Å²) in [5.41, 5.74) is 2.45. The molecule has 110 valence electrons. The summed E-state index contributed by atoms with van der Waals surface area (Å²) in [5.74, 6) is 0.285. The number of hydrogen-bond donors (Lipinski definition) is 1. The van der Waals surface area contributed by atoms with Crippen LogP contribution in [0.2, 0.25) is 0 Å². The van der Waals surface area contributed by atoms with Crippen LogP contribution in [0, 0.1) is 0 Å². The maximum atomic E-state index is 12.3. The van der Waals surface area contributed by atoms with Crippen LogP contribution in [0.1, 0.15) is 44.6 Å². The summed E-state index contributed by atoms with van der Waals surface area (Å²) < 4.78 is 0. The molecule has 2 rings (SSSR count). The Morgan fingerprint density at radius 2 is 2.10 bits per heavy atom. The molecule has 1 aliphatic rings. The number of nitrogens with one attached hydrogen (secondary N) is 1. The van der Waals surface area contributed by atoms with Gasteiger partial charge in [-0.1, -0.05) is 25.1 Å². The van der Waals surface area contributed by atoms with Gasteiger partial charge in [-0.3, -0.25) is 4.79 Å². The molecule has 0 aromatic heterocycles. The van der Waals surface area contributed by atoms with Crippen LogP contribution in [0.5, 0.6) is 0 Å². The predicted molar refractivity (Wildman–Crippen MR) is 84.1 cm³/mol. The van der Waals surface area contributed by atoms with E-state index in [2.05, 4.69) is 30.4 Å². The van der Waals surface area contributed by atoms with Crippen molar-refractivity contribution in [1.29, 1.82) is 0 Å². The van der Waals surface area contributed by atoms with Gasteiger partial charge in [0, 0.05) is 24.7 Å². The molecular weight excluding hydrogens is 248 g/mol. The molecule has 0 saturated carbocycles. The predicted octanol–water partition coefficient (Wildman–Crippen LogP) is 3.13. The fourth-order valence-electron chi connectivity index (χ4n) is 2.98. The van der Waals surface area contributed by atoms with Gasteiger partial charge in [-0.2, -0.15) is 0 Å². The molecule has 1 heterocycles. The molecule has 3 nitrogen and oxygen atoms in total. The molecule has 1 aromatic rings. The zero-order valence-electron chi connectivity index (χ0n) is 12.7. The van der Waals surface area contributed by atoms with E-state index in [0.717, 1.165) is 44.3 Å². The van der Waals surface area contributed by atoms with E-state index in [1.54, 1.807) is 0 Å². The van der Waals surface area contributed by atoms with E-state index in [0.29, 0.717) is 12.5 Å². The van der Waals surface area contributed by atoms with Gasteiger partial charge in [0.1, 0.15) is 0 Å². The second-order valence-electron chi connectivity index (χ2n) is 5.56. The van der Waals surface area contributed by atoms with Crippen molar-refractivity contribution in [2.45, 2.75) is 51.5 Å². The number of benzene rings is 1. The van der Waals surface area contributed by atoms with E-state index < -0.39 is 0 Å². The third-order valence-electron chi connectivity index (χ3n) is 4.26. The number of rotatable bonds is 6. The molecule has 1 N–H and O–H groups in total. The number of fused-ring (bicyclic) bond motifs is 1. The Morgan fingerprint density at radius 3 is 2.85 bits per heavy atom. The van der Waals surface area contributed by atoms with Crippen LogP contribution in [0.4, 0.5) is 5.69 Å². The van der Waals surface area contributed by atoms with Crippen molar-refractivity contribution in [3.8, 4) is 0 Å². The van der Waals surface area contributed by atoms with Gasteiger partial charge in [0.25, 0.3) is 0 Å². The minimum atomic E-state index is 0.285. The standard InChI is InChI=1S/C17H26N2O/c1-3-15(18-2)10-7-13-19-16-11-5-4-8-14(16)9-6-12-17(19)20/h4-5,8,11,15,18H,3,6-7,9-10,12-13H2,1-2H3. The van der Waals surface area contributed by atoms with Crippen molar-refractivity contribution in [1.82, 2.24) is 5.32 Å². The van der Waals surface area contributed by atoms with Gasteiger partial charge in [0.15, 0.2) is 0 Å². The largest absolute Gasteiger partial charge is 0.317 e. The molecule has 20 heavy (non-hydrogen) atoms. The average Bonchev–Trinajstić information content (AvgIpc) is 2.63. The number of carbonyl (C=O) groups is 1. The van der Waals surface area contributed by atoms with Crippen LogP contribution >= 0.6 is 0 Å². The maximum Gasteiger partial charge on any atom is 0.226 e. The van der Waals surface area contributed by atoms with Gasteiger partial charge >= 0.3 is 0 Å². The zero-order valence-corrected chi connectivity index (χ0v) is 12.7. The van der Waals surface area contributed by atoms with Crippen molar-refractivity contribution in [3.05, 3.63) is 29.8 Å². The van der Waals surface area contributed by atoms with Crippen molar-refractivity contribution in [2.75, 3.05) is 18.5 Å². The zero-order chi connectivity index (χ0) is 14.4. The van der Waals surface area contributed by atoms with Crippen LogP contribution < -0.4 is 10.2 Å². The first kappa shape index (κ1) is 15.0. The normalized spacial score (nSPS) is 16.7. The third kappa shape index (κ3) is 3.60. The molecular formula is C17H26N2O. The summed E-state index contributed by atoms with van der Waals surface area (Å²) in [7, 11) is 2.01. The molecule has 0 radical (unpaired) electrons. The van der Waals surface area contributed by atoms with E-state index in [9.17, 15) is 4.79 Å². The highest BCUT2D eigenvalue weighted by molar-refractivity contribution is 5.94. The lowest BCUT2D eigenvalue weighted by atomic mass is 10.1. The molecule has 1 unspecified atom stereocenters. The Hall–Kier alpha value is -1.35. The maximum absolute atomic E-state index is 12.3.